The molecule has 6 heteroatoms. The highest BCUT2D eigenvalue weighted by Gasteiger charge is 2.28. The molecule has 1 aromatic heterocycles. The molecule has 1 fully saturated rings. The molecular formula is C19H17ClN4O. The van der Waals surface area contributed by atoms with Crippen LogP contribution in [0.15, 0.2) is 60.9 Å². The molecule has 0 bridgehead atoms. The van der Waals surface area contributed by atoms with E-state index in [9.17, 15) is 4.79 Å². The number of carbonyl (C=O) groups is 1. The zero-order valence-corrected chi connectivity index (χ0v) is 14.3. The summed E-state index contributed by atoms with van der Waals surface area (Å²) in [6, 6.07) is 15.5. The van der Waals surface area contributed by atoms with Crippen molar-refractivity contribution in [2.75, 3.05) is 13.1 Å². The molecule has 0 radical (unpaired) electrons. The molecule has 0 saturated carbocycles. The predicted octanol–water partition coefficient (Wildman–Crippen LogP) is 3.69. The van der Waals surface area contributed by atoms with Crippen LogP contribution in [0.4, 0.5) is 0 Å². The Labute approximate surface area is 150 Å². The molecule has 1 saturated heterocycles. The number of aromatic nitrogens is 3. The maximum absolute atomic E-state index is 12.7. The molecule has 1 atom stereocenters. The van der Waals surface area contributed by atoms with Crippen LogP contribution >= 0.6 is 11.6 Å². The Balaban J connectivity index is 1.48. The Kier molecular flexibility index (Phi) is 4.24. The van der Waals surface area contributed by atoms with Crippen LogP contribution in [-0.2, 0) is 0 Å². The summed E-state index contributed by atoms with van der Waals surface area (Å²) in [5.74, 6) is 0.0484. The fraction of sp³-hybridized carbons (Fsp3) is 0.211. The van der Waals surface area contributed by atoms with Gasteiger partial charge in [-0.05, 0) is 41.8 Å². The molecule has 2 heterocycles. The lowest BCUT2D eigenvalue weighted by atomic mass is 10.0. The SMILES string of the molecule is O=C(c1ccc(-c2cccc(Cl)c2)cc1)N1CCC(n2nccn2)C1. The Hall–Kier alpha value is -2.66. The fourth-order valence-corrected chi connectivity index (χ4v) is 3.38. The number of hydrogen-bond acceptors (Lipinski definition) is 3. The van der Waals surface area contributed by atoms with Gasteiger partial charge in [-0.2, -0.15) is 15.0 Å². The van der Waals surface area contributed by atoms with Gasteiger partial charge < -0.3 is 4.90 Å². The minimum Gasteiger partial charge on any atom is -0.336 e. The van der Waals surface area contributed by atoms with E-state index in [-0.39, 0.29) is 11.9 Å². The molecule has 25 heavy (non-hydrogen) atoms. The summed E-state index contributed by atoms with van der Waals surface area (Å²) in [6.07, 6.45) is 4.21. The number of carbonyl (C=O) groups excluding carboxylic acids is 1. The van der Waals surface area contributed by atoms with E-state index in [2.05, 4.69) is 10.2 Å². The first-order valence-electron chi connectivity index (χ1n) is 8.22. The molecule has 0 N–H and O–H groups in total. The molecule has 1 aliphatic heterocycles. The summed E-state index contributed by atoms with van der Waals surface area (Å²) >= 11 is 6.05. The standard InChI is InChI=1S/C19H17ClN4O/c20-17-3-1-2-16(12-17)14-4-6-15(7-5-14)19(25)23-11-8-18(13-23)24-21-9-10-22-24/h1-7,9-10,12,18H,8,11,13H2. The van der Waals surface area contributed by atoms with Crippen LogP contribution in [0.5, 0.6) is 0 Å². The van der Waals surface area contributed by atoms with Gasteiger partial charge in [-0.3, -0.25) is 4.79 Å². The number of rotatable bonds is 3. The van der Waals surface area contributed by atoms with Crippen LogP contribution in [0, 0.1) is 0 Å². The van der Waals surface area contributed by atoms with Crippen LogP contribution in [0.3, 0.4) is 0 Å². The highest BCUT2D eigenvalue weighted by molar-refractivity contribution is 6.30. The quantitative estimate of drug-likeness (QED) is 0.722. The van der Waals surface area contributed by atoms with E-state index in [4.69, 9.17) is 11.6 Å². The van der Waals surface area contributed by atoms with Crippen molar-refractivity contribution in [2.24, 2.45) is 0 Å². The highest BCUT2D eigenvalue weighted by Crippen LogP contribution is 2.25. The third-order valence-corrected chi connectivity index (χ3v) is 4.74. The van der Waals surface area contributed by atoms with Crippen molar-refractivity contribution in [2.45, 2.75) is 12.5 Å². The van der Waals surface area contributed by atoms with Crippen LogP contribution in [-0.4, -0.2) is 38.9 Å². The van der Waals surface area contributed by atoms with Gasteiger partial charge in [0.15, 0.2) is 0 Å². The first-order valence-corrected chi connectivity index (χ1v) is 8.59. The number of hydrogen-bond donors (Lipinski definition) is 0. The molecular weight excluding hydrogens is 336 g/mol. The second kappa shape index (κ2) is 6.69. The van der Waals surface area contributed by atoms with Crippen molar-refractivity contribution in [3.63, 3.8) is 0 Å². The average Bonchev–Trinajstić information content (AvgIpc) is 3.32. The van der Waals surface area contributed by atoms with Crippen LogP contribution in [0.2, 0.25) is 5.02 Å². The molecule has 5 nitrogen and oxygen atoms in total. The lowest BCUT2D eigenvalue weighted by Crippen LogP contribution is -2.29. The smallest absolute Gasteiger partial charge is 0.253 e. The Morgan fingerprint density at radius 1 is 1.04 bits per heavy atom. The van der Waals surface area contributed by atoms with Crippen LogP contribution in [0.25, 0.3) is 11.1 Å². The number of nitrogens with zero attached hydrogens (tertiary/aromatic N) is 4. The van der Waals surface area contributed by atoms with E-state index in [1.165, 1.54) is 0 Å². The highest BCUT2D eigenvalue weighted by atomic mass is 35.5. The van der Waals surface area contributed by atoms with Crippen molar-refractivity contribution >= 4 is 17.5 Å². The van der Waals surface area contributed by atoms with Crippen molar-refractivity contribution in [1.29, 1.82) is 0 Å². The summed E-state index contributed by atoms with van der Waals surface area (Å²) in [6.45, 7) is 1.37. The van der Waals surface area contributed by atoms with E-state index in [0.29, 0.717) is 17.1 Å². The van der Waals surface area contributed by atoms with Crippen LogP contribution in [0.1, 0.15) is 22.8 Å². The van der Waals surface area contributed by atoms with Crippen molar-refractivity contribution in [1.82, 2.24) is 19.9 Å². The van der Waals surface area contributed by atoms with Crippen molar-refractivity contribution < 1.29 is 4.79 Å². The molecule has 3 aromatic rings. The second-order valence-electron chi connectivity index (χ2n) is 6.13. The fourth-order valence-electron chi connectivity index (χ4n) is 3.19. The van der Waals surface area contributed by atoms with Gasteiger partial charge in [0.05, 0.1) is 18.4 Å². The van der Waals surface area contributed by atoms with Gasteiger partial charge in [-0.1, -0.05) is 35.9 Å². The predicted molar refractivity (Wildman–Crippen MR) is 96.5 cm³/mol. The molecule has 0 spiro atoms. The number of amides is 1. The van der Waals surface area contributed by atoms with Gasteiger partial charge in [0.1, 0.15) is 0 Å². The summed E-state index contributed by atoms with van der Waals surface area (Å²) in [7, 11) is 0. The lowest BCUT2D eigenvalue weighted by Gasteiger charge is -2.16. The molecule has 2 aromatic carbocycles. The monoisotopic (exact) mass is 352 g/mol. The minimum absolute atomic E-state index is 0.0484. The van der Waals surface area contributed by atoms with E-state index >= 15 is 0 Å². The van der Waals surface area contributed by atoms with E-state index < -0.39 is 0 Å². The molecule has 1 unspecified atom stereocenters. The van der Waals surface area contributed by atoms with Gasteiger partial charge in [0.25, 0.3) is 5.91 Å². The van der Waals surface area contributed by atoms with Crippen LogP contribution < -0.4 is 0 Å². The largest absolute Gasteiger partial charge is 0.336 e. The van der Waals surface area contributed by atoms with E-state index in [1.807, 2.05) is 53.4 Å². The average molecular weight is 353 g/mol. The minimum atomic E-state index is 0.0484. The Morgan fingerprint density at radius 3 is 2.52 bits per heavy atom. The normalized spacial score (nSPS) is 17.0. The van der Waals surface area contributed by atoms with Gasteiger partial charge in [0.2, 0.25) is 0 Å². The third-order valence-electron chi connectivity index (χ3n) is 4.50. The summed E-state index contributed by atoms with van der Waals surface area (Å²) in [4.78, 5) is 16.3. The first kappa shape index (κ1) is 15.8. The summed E-state index contributed by atoms with van der Waals surface area (Å²) in [5, 5.41) is 9.05. The Morgan fingerprint density at radius 2 is 1.80 bits per heavy atom. The number of likely N-dealkylation sites (tertiary alicyclic amines) is 1. The zero-order valence-electron chi connectivity index (χ0n) is 13.5. The number of halogens is 1. The van der Waals surface area contributed by atoms with Gasteiger partial charge in [-0.25, -0.2) is 0 Å². The number of benzene rings is 2. The second-order valence-corrected chi connectivity index (χ2v) is 6.57. The maximum Gasteiger partial charge on any atom is 0.253 e. The van der Waals surface area contributed by atoms with E-state index in [1.54, 1.807) is 17.2 Å². The lowest BCUT2D eigenvalue weighted by molar-refractivity contribution is 0.0786. The molecule has 4 rings (SSSR count). The van der Waals surface area contributed by atoms with Crippen molar-refractivity contribution in [3.05, 3.63) is 71.5 Å². The maximum atomic E-state index is 12.7. The van der Waals surface area contributed by atoms with Crippen molar-refractivity contribution in [3.8, 4) is 11.1 Å². The molecule has 1 amide bonds. The summed E-state index contributed by atoms with van der Waals surface area (Å²) < 4.78 is 0. The molecule has 1 aliphatic rings. The topological polar surface area (TPSA) is 51.0 Å². The Bertz CT molecular complexity index is 877. The third kappa shape index (κ3) is 3.28. The molecule has 126 valence electrons. The molecule has 0 aliphatic carbocycles. The van der Waals surface area contributed by atoms with Gasteiger partial charge in [0, 0.05) is 23.7 Å². The van der Waals surface area contributed by atoms with Gasteiger partial charge >= 0.3 is 0 Å². The van der Waals surface area contributed by atoms with Gasteiger partial charge in [-0.15, -0.1) is 0 Å². The zero-order chi connectivity index (χ0) is 17.2. The van der Waals surface area contributed by atoms with E-state index in [0.717, 1.165) is 24.1 Å². The first-order chi connectivity index (χ1) is 12.2. The summed E-state index contributed by atoms with van der Waals surface area (Å²) in [5.41, 5.74) is 2.77.